The summed E-state index contributed by atoms with van der Waals surface area (Å²) in [6.07, 6.45) is 0. The van der Waals surface area contributed by atoms with Gasteiger partial charge in [0.05, 0.1) is 5.56 Å². The minimum absolute atomic E-state index is 0.111. The second kappa shape index (κ2) is 8.70. The van der Waals surface area contributed by atoms with E-state index < -0.39 is 30.1 Å². The zero-order valence-electron chi connectivity index (χ0n) is 13.8. The Morgan fingerprint density at radius 2 is 1.73 bits per heavy atom. The molecule has 8 heteroatoms. The Balaban J connectivity index is 1.81. The average molecular weight is 362 g/mol. The number of esters is 1. The van der Waals surface area contributed by atoms with Crippen LogP contribution in [0, 0.1) is 11.6 Å². The van der Waals surface area contributed by atoms with Crippen molar-refractivity contribution in [2.75, 3.05) is 11.9 Å². The van der Waals surface area contributed by atoms with Crippen molar-refractivity contribution in [2.45, 2.75) is 13.5 Å². The molecule has 0 radical (unpaired) electrons. The number of nitrogens with one attached hydrogen (secondary N) is 2. The SMILES string of the molecule is CC(=O)Nc1ccc(C(=O)OCC(=O)NCc2ccc(F)cc2F)cc1. The third-order valence-corrected chi connectivity index (χ3v) is 3.27. The summed E-state index contributed by atoms with van der Waals surface area (Å²) in [7, 11) is 0. The van der Waals surface area contributed by atoms with Crippen LogP contribution in [0.4, 0.5) is 14.5 Å². The Kier molecular flexibility index (Phi) is 6.37. The number of hydrogen-bond acceptors (Lipinski definition) is 4. The summed E-state index contributed by atoms with van der Waals surface area (Å²) in [5.74, 6) is -3.08. The molecule has 136 valence electrons. The van der Waals surface area contributed by atoms with Gasteiger partial charge in [-0.25, -0.2) is 13.6 Å². The molecule has 2 rings (SSSR count). The number of anilines is 1. The van der Waals surface area contributed by atoms with Gasteiger partial charge < -0.3 is 15.4 Å². The predicted octanol–water partition coefficient (Wildman–Crippen LogP) is 2.40. The minimum Gasteiger partial charge on any atom is -0.452 e. The molecule has 0 aliphatic heterocycles. The lowest BCUT2D eigenvalue weighted by atomic mass is 10.2. The van der Waals surface area contributed by atoms with Crippen LogP contribution in [0.5, 0.6) is 0 Å². The van der Waals surface area contributed by atoms with E-state index in [-0.39, 0.29) is 23.6 Å². The van der Waals surface area contributed by atoms with Crippen molar-refractivity contribution >= 4 is 23.5 Å². The summed E-state index contributed by atoms with van der Waals surface area (Å²) in [5.41, 5.74) is 0.837. The number of hydrogen-bond donors (Lipinski definition) is 2. The quantitative estimate of drug-likeness (QED) is 0.773. The highest BCUT2D eigenvalue weighted by molar-refractivity contribution is 5.93. The van der Waals surface area contributed by atoms with Crippen LogP contribution in [0.1, 0.15) is 22.8 Å². The van der Waals surface area contributed by atoms with Crippen LogP contribution in [-0.4, -0.2) is 24.4 Å². The fourth-order valence-corrected chi connectivity index (χ4v) is 2.02. The number of benzene rings is 2. The number of halogens is 2. The standard InChI is InChI=1S/C18H16F2N2O4/c1-11(23)22-15-6-3-12(4-7-15)18(25)26-10-17(24)21-9-13-2-5-14(19)8-16(13)20/h2-8H,9-10H2,1H3,(H,21,24)(H,22,23). The summed E-state index contributed by atoms with van der Waals surface area (Å²) in [6, 6.07) is 8.94. The predicted molar refractivity (Wildman–Crippen MR) is 89.2 cm³/mol. The molecule has 0 spiro atoms. The van der Waals surface area contributed by atoms with Crippen molar-refractivity contribution in [1.82, 2.24) is 5.32 Å². The molecule has 0 saturated carbocycles. The van der Waals surface area contributed by atoms with Gasteiger partial charge in [-0.05, 0) is 30.3 Å². The molecule has 0 saturated heterocycles. The summed E-state index contributed by atoms with van der Waals surface area (Å²) < 4.78 is 31.1. The van der Waals surface area contributed by atoms with Gasteiger partial charge >= 0.3 is 5.97 Å². The van der Waals surface area contributed by atoms with Crippen LogP contribution in [0.2, 0.25) is 0 Å². The molecule has 0 heterocycles. The van der Waals surface area contributed by atoms with Gasteiger partial charge in [-0.3, -0.25) is 9.59 Å². The van der Waals surface area contributed by atoms with Gasteiger partial charge in [0, 0.05) is 30.8 Å². The monoisotopic (exact) mass is 362 g/mol. The molecule has 2 aromatic carbocycles. The van der Waals surface area contributed by atoms with Crippen LogP contribution < -0.4 is 10.6 Å². The van der Waals surface area contributed by atoms with Crippen molar-refractivity contribution in [3.8, 4) is 0 Å². The number of carbonyl (C=O) groups excluding carboxylic acids is 3. The maximum absolute atomic E-state index is 13.4. The Hall–Kier alpha value is -3.29. The first-order valence-corrected chi connectivity index (χ1v) is 7.60. The van der Waals surface area contributed by atoms with Crippen LogP contribution in [0.3, 0.4) is 0 Å². The van der Waals surface area contributed by atoms with Crippen molar-refractivity contribution in [1.29, 1.82) is 0 Å². The zero-order valence-corrected chi connectivity index (χ0v) is 13.8. The van der Waals surface area contributed by atoms with Crippen LogP contribution in [0.15, 0.2) is 42.5 Å². The van der Waals surface area contributed by atoms with E-state index in [2.05, 4.69) is 10.6 Å². The molecule has 0 aliphatic carbocycles. The Morgan fingerprint density at radius 3 is 2.35 bits per heavy atom. The Labute approximate surface area is 148 Å². The van der Waals surface area contributed by atoms with E-state index in [1.54, 1.807) is 0 Å². The Bertz CT molecular complexity index is 822. The highest BCUT2D eigenvalue weighted by atomic mass is 19.1. The van der Waals surface area contributed by atoms with Crippen molar-refractivity contribution < 1.29 is 27.9 Å². The summed E-state index contributed by atoms with van der Waals surface area (Å²) >= 11 is 0. The fraction of sp³-hybridized carbons (Fsp3) is 0.167. The lowest BCUT2D eigenvalue weighted by molar-refractivity contribution is -0.124. The molecule has 0 bridgehead atoms. The zero-order chi connectivity index (χ0) is 19.1. The smallest absolute Gasteiger partial charge is 0.338 e. The molecule has 0 fully saturated rings. The molecular formula is C18H16F2N2O4. The van der Waals surface area contributed by atoms with Crippen molar-refractivity contribution in [2.24, 2.45) is 0 Å². The minimum atomic E-state index is -0.776. The van der Waals surface area contributed by atoms with Gasteiger partial charge in [0.2, 0.25) is 5.91 Å². The Morgan fingerprint density at radius 1 is 1.04 bits per heavy atom. The van der Waals surface area contributed by atoms with Crippen LogP contribution in [0.25, 0.3) is 0 Å². The van der Waals surface area contributed by atoms with Gasteiger partial charge in [-0.1, -0.05) is 6.07 Å². The number of amides is 2. The summed E-state index contributed by atoms with van der Waals surface area (Å²) in [5, 5.41) is 4.92. The third-order valence-electron chi connectivity index (χ3n) is 3.27. The molecule has 26 heavy (non-hydrogen) atoms. The molecule has 0 unspecified atom stereocenters. The van der Waals surface area contributed by atoms with Gasteiger partial charge in [-0.2, -0.15) is 0 Å². The number of ether oxygens (including phenoxy) is 1. The van der Waals surface area contributed by atoms with E-state index in [0.29, 0.717) is 11.8 Å². The van der Waals surface area contributed by atoms with Gasteiger partial charge in [-0.15, -0.1) is 0 Å². The molecule has 2 amide bonds. The average Bonchev–Trinajstić information content (AvgIpc) is 2.59. The van der Waals surface area contributed by atoms with Crippen molar-refractivity contribution in [3.63, 3.8) is 0 Å². The van der Waals surface area contributed by atoms with Gasteiger partial charge in [0.15, 0.2) is 6.61 Å². The molecule has 0 aliphatic rings. The van der Waals surface area contributed by atoms with Gasteiger partial charge in [0.25, 0.3) is 5.91 Å². The topological polar surface area (TPSA) is 84.5 Å². The first-order valence-electron chi connectivity index (χ1n) is 7.60. The fourth-order valence-electron chi connectivity index (χ4n) is 2.02. The van der Waals surface area contributed by atoms with E-state index in [9.17, 15) is 23.2 Å². The van der Waals surface area contributed by atoms with Gasteiger partial charge in [0.1, 0.15) is 11.6 Å². The highest BCUT2D eigenvalue weighted by Crippen LogP contribution is 2.11. The normalized spacial score (nSPS) is 10.1. The third kappa shape index (κ3) is 5.66. The lowest BCUT2D eigenvalue weighted by Gasteiger charge is -2.08. The van der Waals surface area contributed by atoms with Crippen LogP contribution in [-0.2, 0) is 20.9 Å². The molecule has 2 N–H and O–H groups in total. The second-order valence-electron chi connectivity index (χ2n) is 5.35. The number of rotatable bonds is 6. The molecule has 0 aromatic heterocycles. The van der Waals surface area contributed by atoms with E-state index >= 15 is 0 Å². The molecule has 0 atom stereocenters. The van der Waals surface area contributed by atoms with Crippen molar-refractivity contribution in [3.05, 3.63) is 65.2 Å². The second-order valence-corrected chi connectivity index (χ2v) is 5.35. The first-order chi connectivity index (χ1) is 12.3. The maximum Gasteiger partial charge on any atom is 0.338 e. The lowest BCUT2D eigenvalue weighted by Crippen LogP contribution is -2.28. The highest BCUT2D eigenvalue weighted by Gasteiger charge is 2.11. The number of carbonyl (C=O) groups is 3. The largest absolute Gasteiger partial charge is 0.452 e. The summed E-state index contributed by atoms with van der Waals surface area (Å²) in [6.45, 7) is 0.654. The molecule has 2 aromatic rings. The summed E-state index contributed by atoms with van der Waals surface area (Å²) in [4.78, 5) is 34.5. The first kappa shape index (κ1) is 19.0. The van der Waals surface area contributed by atoms with Crippen LogP contribution >= 0.6 is 0 Å². The van der Waals surface area contributed by atoms with E-state index in [0.717, 1.165) is 6.07 Å². The molecule has 6 nitrogen and oxygen atoms in total. The molecular weight excluding hydrogens is 346 g/mol. The van der Waals surface area contributed by atoms with E-state index in [4.69, 9.17) is 4.74 Å². The maximum atomic E-state index is 13.4. The van der Waals surface area contributed by atoms with E-state index in [1.165, 1.54) is 37.3 Å². The van der Waals surface area contributed by atoms with E-state index in [1.807, 2.05) is 0 Å².